The monoisotopic (exact) mass is 596 g/mol. The van der Waals surface area contributed by atoms with E-state index >= 15 is 0 Å². The molecule has 220 valence electrons. The van der Waals surface area contributed by atoms with Gasteiger partial charge in [-0.2, -0.15) is 0 Å². The number of ether oxygens (including phenoxy) is 1. The Kier molecular flexibility index (Phi) is 7.20. The Morgan fingerprint density at radius 2 is 1.88 bits per heavy atom. The molecule has 2 N–H and O–H groups in total. The third-order valence-electron chi connectivity index (χ3n) is 8.26. The molecule has 7 rings (SSSR count). The first kappa shape index (κ1) is 27.4. The van der Waals surface area contributed by atoms with Gasteiger partial charge in [0.25, 0.3) is 5.91 Å². The number of benzene rings is 2. The van der Waals surface area contributed by atoms with Gasteiger partial charge in [-0.1, -0.05) is 18.2 Å². The molecule has 43 heavy (non-hydrogen) atoms. The lowest BCUT2D eigenvalue weighted by atomic mass is 10.0. The van der Waals surface area contributed by atoms with Crippen LogP contribution >= 0.6 is 11.3 Å². The summed E-state index contributed by atoms with van der Waals surface area (Å²) in [5, 5.41) is 6.84. The summed E-state index contributed by atoms with van der Waals surface area (Å²) in [5.41, 5.74) is 2.71. The number of aryl methyl sites for hydroxylation is 1. The molecular weight excluding hydrogens is 564 g/mol. The number of rotatable bonds is 7. The molecule has 2 aromatic carbocycles. The summed E-state index contributed by atoms with van der Waals surface area (Å²) >= 11 is 1.26. The number of urea groups is 1. The number of amides is 4. The molecule has 0 aliphatic carbocycles. The lowest BCUT2D eigenvalue weighted by Gasteiger charge is -2.36. The Balaban J connectivity index is 1.12. The zero-order chi connectivity index (χ0) is 29.5. The van der Waals surface area contributed by atoms with Crippen LogP contribution in [0.2, 0.25) is 0 Å². The minimum absolute atomic E-state index is 0.117. The van der Waals surface area contributed by atoms with Crippen LogP contribution in [0.1, 0.15) is 34.5 Å². The summed E-state index contributed by atoms with van der Waals surface area (Å²) in [4.78, 5) is 51.2. The number of aromatic nitrogens is 1. The van der Waals surface area contributed by atoms with Gasteiger partial charge in [-0.05, 0) is 81.2 Å². The molecule has 2 aromatic heterocycles. The van der Waals surface area contributed by atoms with Crippen LogP contribution in [0.5, 0.6) is 11.5 Å². The number of piperidine rings is 1. The molecule has 0 saturated carbocycles. The van der Waals surface area contributed by atoms with Gasteiger partial charge in [0.1, 0.15) is 21.2 Å². The summed E-state index contributed by atoms with van der Waals surface area (Å²) < 4.78 is 5.98. The van der Waals surface area contributed by atoms with Crippen LogP contribution < -0.4 is 20.3 Å². The maximum atomic E-state index is 13.6. The van der Waals surface area contributed by atoms with Crippen molar-refractivity contribution in [2.45, 2.75) is 32.2 Å². The summed E-state index contributed by atoms with van der Waals surface area (Å²) in [7, 11) is 0. The smallest absolute Gasteiger partial charge is 0.331 e. The normalized spacial score (nSPS) is 18.3. The van der Waals surface area contributed by atoms with Crippen molar-refractivity contribution >= 4 is 56.5 Å². The highest BCUT2D eigenvalue weighted by molar-refractivity contribution is 7.21. The summed E-state index contributed by atoms with van der Waals surface area (Å²) in [6, 6.07) is 16.4. The molecular formula is C32H32N6O4S. The van der Waals surface area contributed by atoms with Crippen molar-refractivity contribution in [2.75, 3.05) is 42.9 Å². The maximum absolute atomic E-state index is 13.6. The van der Waals surface area contributed by atoms with E-state index < -0.39 is 0 Å². The summed E-state index contributed by atoms with van der Waals surface area (Å²) in [6.07, 6.45) is 4.44. The van der Waals surface area contributed by atoms with Crippen molar-refractivity contribution in [1.82, 2.24) is 20.1 Å². The maximum Gasteiger partial charge on any atom is 0.331 e. The second-order valence-electron chi connectivity index (χ2n) is 11.2. The molecule has 11 heteroatoms. The molecule has 10 nitrogen and oxygen atoms in total. The van der Waals surface area contributed by atoms with Gasteiger partial charge < -0.3 is 20.3 Å². The van der Waals surface area contributed by atoms with Gasteiger partial charge in [-0.25, -0.2) is 9.78 Å². The standard InChI is InChI=1S/C32H32N6O4S/c1-20-17-23(42-22-8-3-2-4-9-22)10-11-24(20)38-25-12-13-33-31-27(25)28(35-32(38)41)29(43-31)30(40)34-21-7-5-16-37(18-21)26(39)19-36-14-6-15-36/h2-4,8-13,17,21H,5-7,14-16,18-19H2,1H3,(H,34,40)(H,35,41). The molecule has 0 bridgehead atoms. The van der Waals surface area contributed by atoms with E-state index in [0.29, 0.717) is 52.2 Å². The van der Waals surface area contributed by atoms with Gasteiger partial charge in [0.15, 0.2) is 0 Å². The highest BCUT2D eigenvalue weighted by Gasteiger charge is 2.34. The molecule has 2 saturated heterocycles. The van der Waals surface area contributed by atoms with Crippen molar-refractivity contribution in [3.8, 4) is 11.5 Å². The lowest BCUT2D eigenvalue weighted by molar-refractivity contribution is -0.134. The van der Waals surface area contributed by atoms with Crippen molar-refractivity contribution in [1.29, 1.82) is 0 Å². The number of hydrogen-bond acceptors (Lipinski definition) is 7. The van der Waals surface area contributed by atoms with Gasteiger partial charge in [-0.3, -0.25) is 19.4 Å². The van der Waals surface area contributed by atoms with Crippen LogP contribution in [-0.2, 0) is 4.79 Å². The number of carbonyl (C=O) groups excluding carboxylic acids is 3. The molecule has 1 unspecified atom stereocenters. The summed E-state index contributed by atoms with van der Waals surface area (Å²) in [5.74, 6) is 1.25. The molecule has 1 atom stereocenters. The minimum Gasteiger partial charge on any atom is -0.457 e. The first-order chi connectivity index (χ1) is 20.9. The van der Waals surface area contributed by atoms with Gasteiger partial charge in [0.2, 0.25) is 5.91 Å². The topological polar surface area (TPSA) is 107 Å². The van der Waals surface area contributed by atoms with Crippen LogP contribution in [0.15, 0.2) is 60.8 Å². The SMILES string of the molecule is Cc1cc(Oc2ccccc2)ccc1N1C(=O)Nc2c(C(=O)NC3CCCN(C(=O)CN4CCC4)C3)sc3nccc1c23. The van der Waals surface area contributed by atoms with Crippen molar-refractivity contribution in [3.05, 3.63) is 71.2 Å². The number of thiophene rings is 1. The number of hydrogen-bond donors (Lipinski definition) is 2. The van der Waals surface area contributed by atoms with Crippen molar-refractivity contribution < 1.29 is 19.1 Å². The second-order valence-corrected chi connectivity index (χ2v) is 12.2. The Hall–Kier alpha value is -4.48. The van der Waals surface area contributed by atoms with E-state index in [1.54, 1.807) is 17.2 Å². The average Bonchev–Trinajstić information content (AvgIpc) is 3.36. The highest BCUT2D eigenvalue weighted by Crippen LogP contribution is 2.46. The number of anilines is 3. The van der Waals surface area contributed by atoms with Gasteiger partial charge in [0, 0.05) is 25.3 Å². The Labute approximate surface area is 253 Å². The minimum atomic E-state index is -0.354. The predicted octanol–water partition coefficient (Wildman–Crippen LogP) is 5.51. The quantitative estimate of drug-likeness (QED) is 0.292. The van der Waals surface area contributed by atoms with E-state index in [1.165, 1.54) is 11.3 Å². The van der Waals surface area contributed by atoms with Crippen LogP contribution in [0.25, 0.3) is 10.2 Å². The lowest BCUT2D eigenvalue weighted by Crippen LogP contribution is -2.53. The largest absolute Gasteiger partial charge is 0.457 e. The van der Waals surface area contributed by atoms with Crippen molar-refractivity contribution in [3.63, 3.8) is 0 Å². The third-order valence-corrected chi connectivity index (χ3v) is 9.35. The van der Waals surface area contributed by atoms with Crippen LogP contribution in [-0.4, -0.2) is 71.4 Å². The van der Waals surface area contributed by atoms with Gasteiger partial charge in [0.05, 0.1) is 29.0 Å². The Bertz CT molecular complexity index is 1720. The Morgan fingerprint density at radius 3 is 2.65 bits per heavy atom. The first-order valence-electron chi connectivity index (χ1n) is 14.6. The third kappa shape index (κ3) is 5.30. The van der Waals surface area contributed by atoms with E-state index in [2.05, 4.69) is 20.5 Å². The highest BCUT2D eigenvalue weighted by atomic mass is 32.1. The first-order valence-corrected chi connectivity index (χ1v) is 15.4. The van der Waals surface area contributed by atoms with Crippen LogP contribution in [0.4, 0.5) is 21.9 Å². The number of nitrogens with one attached hydrogen (secondary N) is 2. The van der Waals surface area contributed by atoms with E-state index in [-0.39, 0.29) is 23.9 Å². The molecule has 4 amide bonds. The predicted molar refractivity (Wildman–Crippen MR) is 167 cm³/mol. The Morgan fingerprint density at radius 1 is 1.05 bits per heavy atom. The average molecular weight is 597 g/mol. The number of carbonyl (C=O) groups is 3. The molecule has 2 fully saturated rings. The second kappa shape index (κ2) is 11.3. The summed E-state index contributed by atoms with van der Waals surface area (Å²) in [6.45, 7) is 5.53. The fraction of sp³-hybridized carbons (Fsp3) is 0.312. The molecule has 5 heterocycles. The zero-order valence-corrected chi connectivity index (χ0v) is 24.7. The van der Waals surface area contributed by atoms with Crippen molar-refractivity contribution in [2.24, 2.45) is 0 Å². The molecule has 4 aromatic rings. The zero-order valence-electron chi connectivity index (χ0n) is 23.8. The number of nitrogens with zero attached hydrogens (tertiary/aromatic N) is 4. The van der Waals surface area contributed by atoms with Crippen LogP contribution in [0.3, 0.4) is 0 Å². The number of likely N-dealkylation sites (tertiary alicyclic amines) is 2. The van der Waals surface area contributed by atoms with E-state index in [4.69, 9.17) is 4.74 Å². The fourth-order valence-corrected chi connectivity index (χ4v) is 6.98. The molecule has 3 aliphatic heterocycles. The number of para-hydroxylation sites is 1. The van der Waals surface area contributed by atoms with Crippen LogP contribution in [0, 0.1) is 6.92 Å². The van der Waals surface area contributed by atoms with E-state index in [9.17, 15) is 14.4 Å². The molecule has 3 aliphatic rings. The fourth-order valence-electron chi connectivity index (χ4n) is 5.95. The van der Waals surface area contributed by atoms with E-state index in [1.807, 2.05) is 60.4 Å². The van der Waals surface area contributed by atoms with Gasteiger partial charge >= 0.3 is 6.03 Å². The van der Waals surface area contributed by atoms with Gasteiger partial charge in [-0.15, -0.1) is 11.3 Å². The number of pyridine rings is 1. The molecule has 0 radical (unpaired) electrons. The molecule has 0 spiro atoms. The van der Waals surface area contributed by atoms with E-state index in [0.717, 1.165) is 49.1 Å².